The van der Waals surface area contributed by atoms with Crippen LogP contribution in [-0.4, -0.2) is 17.9 Å². The van der Waals surface area contributed by atoms with Crippen molar-refractivity contribution in [2.45, 2.75) is 19.3 Å². The van der Waals surface area contributed by atoms with Gasteiger partial charge in [0.25, 0.3) is 0 Å². The number of allylic oxidation sites excluding steroid dienone is 2. The number of hydrogen-bond donors (Lipinski definition) is 2. The molecule has 12 heavy (non-hydrogen) atoms. The zero-order valence-corrected chi connectivity index (χ0v) is 7.83. The van der Waals surface area contributed by atoms with Crippen molar-refractivity contribution in [3.05, 3.63) is 11.8 Å². The smallest absolute Gasteiger partial charge is 0.170 e. The Kier molecular flexibility index (Phi) is 3.22. The van der Waals surface area contributed by atoms with Gasteiger partial charge in [0.05, 0.1) is 0 Å². The Labute approximate surface area is 77.2 Å². The van der Waals surface area contributed by atoms with E-state index in [-0.39, 0.29) is 5.78 Å². The van der Waals surface area contributed by atoms with Gasteiger partial charge in [0, 0.05) is 25.2 Å². The summed E-state index contributed by atoms with van der Waals surface area (Å²) in [5, 5.41) is 6.32. The topological polar surface area (TPSA) is 41.1 Å². The molecule has 1 rings (SSSR count). The molecule has 0 atom stereocenters. The van der Waals surface area contributed by atoms with Crippen LogP contribution in [0.5, 0.6) is 0 Å². The molecule has 0 bridgehead atoms. The summed E-state index contributed by atoms with van der Waals surface area (Å²) in [7, 11) is 1.75. The Hall–Kier alpha value is -0.900. The average Bonchev–Trinajstić information content (AvgIpc) is 2.04. The number of nitrogens with one attached hydrogen (secondary N) is 2. The predicted octanol–water partition coefficient (Wildman–Crippen LogP) is 0.717. The highest BCUT2D eigenvalue weighted by molar-refractivity contribution is 7.80. The molecule has 0 aromatic rings. The molecule has 0 heterocycles. The van der Waals surface area contributed by atoms with Gasteiger partial charge in [-0.2, -0.15) is 0 Å². The molecule has 3 nitrogen and oxygen atoms in total. The van der Waals surface area contributed by atoms with Gasteiger partial charge in [0.1, 0.15) is 0 Å². The van der Waals surface area contributed by atoms with Crippen LogP contribution in [-0.2, 0) is 4.79 Å². The standard InChI is InChI=1S/C8H12N2OS/c1-9-8(12)10-6-3-2-4-7(11)5-6/h5H,2-4H2,1H3,(H2,9,10,12). The quantitative estimate of drug-likeness (QED) is 0.589. The minimum atomic E-state index is 0.183. The van der Waals surface area contributed by atoms with Crippen molar-refractivity contribution in [1.82, 2.24) is 10.6 Å². The van der Waals surface area contributed by atoms with E-state index in [0.717, 1.165) is 18.5 Å². The van der Waals surface area contributed by atoms with Crippen LogP contribution in [0.1, 0.15) is 19.3 Å². The van der Waals surface area contributed by atoms with Gasteiger partial charge in [-0.15, -0.1) is 0 Å². The maximum Gasteiger partial charge on any atom is 0.170 e. The second-order valence-electron chi connectivity index (χ2n) is 2.69. The van der Waals surface area contributed by atoms with Crippen molar-refractivity contribution >= 4 is 23.1 Å². The van der Waals surface area contributed by atoms with Gasteiger partial charge in [0.15, 0.2) is 10.9 Å². The van der Waals surface area contributed by atoms with Gasteiger partial charge >= 0.3 is 0 Å². The predicted molar refractivity (Wildman–Crippen MR) is 51.7 cm³/mol. The minimum absolute atomic E-state index is 0.183. The third kappa shape index (κ3) is 2.62. The van der Waals surface area contributed by atoms with Crippen molar-refractivity contribution in [1.29, 1.82) is 0 Å². The van der Waals surface area contributed by atoms with Crippen molar-refractivity contribution in [2.75, 3.05) is 7.05 Å². The molecular formula is C8H12N2OS. The van der Waals surface area contributed by atoms with E-state index in [9.17, 15) is 4.79 Å². The van der Waals surface area contributed by atoms with Crippen molar-refractivity contribution < 1.29 is 4.79 Å². The van der Waals surface area contributed by atoms with Crippen LogP contribution in [0.25, 0.3) is 0 Å². The van der Waals surface area contributed by atoms with E-state index in [2.05, 4.69) is 10.6 Å². The Morgan fingerprint density at radius 2 is 2.33 bits per heavy atom. The molecule has 1 aliphatic rings. The second kappa shape index (κ2) is 4.21. The van der Waals surface area contributed by atoms with Crippen LogP contribution in [0.15, 0.2) is 11.8 Å². The summed E-state index contributed by atoms with van der Waals surface area (Å²) in [6.07, 6.45) is 4.13. The SMILES string of the molecule is CNC(=S)NC1=CC(=O)CCC1. The lowest BCUT2D eigenvalue weighted by atomic mass is 10.0. The first kappa shape index (κ1) is 9.19. The molecule has 4 heteroatoms. The zero-order valence-electron chi connectivity index (χ0n) is 7.02. The van der Waals surface area contributed by atoms with Gasteiger partial charge in [0.2, 0.25) is 0 Å². The Bertz CT molecular complexity index is 235. The molecule has 0 unspecified atom stereocenters. The zero-order chi connectivity index (χ0) is 8.97. The van der Waals surface area contributed by atoms with Crippen LogP contribution in [0.4, 0.5) is 0 Å². The Morgan fingerprint density at radius 3 is 2.92 bits per heavy atom. The van der Waals surface area contributed by atoms with E-state index >= 15 is 0 Å². The summed E-state index contributed by atoms with van der Waals surface area (Å²) in [4.78, 5) is 11.0. The lowest BCUT2D eigenvalue weighted by molar-refractivity contribution is -0.115. The van der Waals surface area contributed by atoms with E-state index < -0.39 is 0 Å². The molecule has 0 aromatic heterocycles. The van der Waals surface area contributed by atoms with E-state index in [1.54, 1.807) is 13.1 Å². The molecule has 0 spiro atoms. The Balaban J connectivity index is 2.51. The van der Waals surface area contributed by atoms with E-state index in [1.165, 1.54) is 0 Å². The van der Waals surface area contributed by atoms with Gasteiger partial charge in [-0.25, -0.2) is 0 Å². The van der Waals surface area contributed by atoms with E-state index in [4.69, 9.17) is 12.2 Å². The lowest BCUT2D eigenvalue weighted by Crippen LogP contribution is -2.32. The molecule has 0 aromatic carbocycles. The molecule has 2 N–H and O–H groups in total. The molecule has 66 valence electrons. The molecule has 0 fully saturated rings. The number of carbonyl (C=O) groups excluding carboxylic acids is 1. The van der Waals surface area contributed by atoms with E-state index in [0.29, 0.717) is 11.5 Å². The first-order chi connectivity index (χ1) is 5.72. The van der Waals surface area contributed by atoms with Crippen LogP contribution < -0.4 is 10.6 Å². The van der Waals surface area contributed by atoms with Gasteiger partial charge in [-0.1, -0.05) is 0 Å². The molecule has 1 aliphatic carbocycles. The fourth-order valence-electron chi connectivity index (χ4n) is 1.10. The number of hydrogen-bond acceptors (Lipinski definition) is 2. The first-order valence-electron chi connectivity index (χ1n) is 3.94. The highest BCUT2D eigenvalue weighted by Crippen LogP contribution is 2.11. The van der Waals surface area contributed by atoms with Gasteiger partial charge in [-0.05, 0) is 25.1 Å². The highest BCUT2D eigenvalue weighted by Gasteiger charge is 2.09. The molecular weight excluding hydrogens is 172 g/mol. The van der Waals surface area contributed by atoms with Crippen molar-refractivity contribution in [3.8, 4) is 0 Å². The van der Waals surface area contributed by atoms with Crippen molar-refractivity contribution in [2.24, 2.45) is 0 Å². The number of ketones is 1. The van der Waals surface area contributed by atoms with E-state index in [1.807, 2.05) is 0 Å². The first-order valence-corrected chi connectivity index (χ1v) is 4.35. The summed E-state index contributed by atoms with van der Waals surface area (Å²) < 4.78 is 0. The molecule has 0 aliphatic heterocycles. The average molecular weight is 184 g/mol. The number of carbonyl (C=O) groups is 1. The van der Waals surface area contributed by atoms with Crippen LogP contribution in [0, 0.1) is 0 Å². The summed E-state index contributed by atoms with van der Waals surface area (Å²) in [5.41, 5.74) is 0.922. The van der Waals surface area contributed by atoms with Crippen LogP contribution in [0.2, 0.25) is 0 Å². The minimum Gasteiger partial charge on any atom is -0.366 e. The summed E-state index contributed by atoms with van der Waals surface area (Å²) in [6.45, 7) is 0. The number of rotatable bonds is 1. The van der Waals surface area contributed by atoms with Crippen molar-refractivity contribution in [3.63, 3.8) is 0 Å². The fraction of sp³-hybridized carbons (Fsp3) is 0.500. The molecule has 0 amide bonds. The fourth-order valence-corrected chi connectivity index (χ4v) is 1.23. The largest absolute Gasteiger partial charge is 0.366 e. The molecule has 0 saturated carbocycles. The summed E-state index contributed by atoms with van der Waals surface area (Å²) in [5.74, 6) is 0.183. The van der Waals surface area contributed by atoms with Gasteiger partial charge < -0.3 is 10.6 Å². The highest BCUT2D eigenvalue weighted by atomic mass is 32.1. The molecule has 0 saturated heterocycles. The van der Waals surface area contributed by atoms with Crippen LogP contribution >= 0.6 is 12.2 Å². The van der Waals surface area contributed by atoms with Gasteiger partial charge in [-0.3, -0.25) is 4.79 Å². The Morgan fingerprint density at radius 1 is 1.58 bits per heavy atom. The summed E-state index contributed by atoms with van der Waals surface area (Å²) >= 11 is 4.90. The third-order valence-electron chi connectivity index (χ3n) is 1.71. The van der Waals surface area contributed by atoms with Crippen LogP contribution in [0.3, 0.4) is 0 Å². The third-order valence-corrected chi connectivity index (χ3v) is 2.01. The lowest BCUT2D eigenvalue weighted by Gasteiger charge is -2.14. The maximum absolute atomic E-state index is 11.0. The normalized spacial score (nSPS) is 16.8. The maximum atomic E-state index is 11.0. The monoisotopic (exact) mass is 184 g/mol. The number of thiocarbonyl (C=S) groups is 1. The molecule has 0 radical (unpaired) electrons. The summed E-state index contributed by atoms with van der Waals surface area (Å²) in [6, 6.07) is 0. The second-order valence-corrected chi connectivity index (χ2v) is 3.10.